The first-order valence-corrected chi connectivity index (χ1v) is 9.70. The van der Waals surface area contributed by atoms with Crippen LogP contribution in [0, 0.1) is 0 Å². The maximum Gasteiger partial charge on any atom is 0.320 e. The largest absolute Gasteiger partial charge is 0.480 e. The van der Waals surface area contributed by atoms with Crippen LogP contribution in [0.25, 0.3) is 0 Å². The minimum atomic E-state index is -1.44. The summed E-state index contributed by atoms with van der Waals surface area (Å²) in [7, 11) is 0. The second-order valence-corrected chi connectivity index (χ2v) is 7.22. The summed E-state index contributed by atoms with van der Waals surface area (Å²) in [6.07, 6.45) is -0.264. The van der Waals surface area contributed by atoms with Crippen molar-refractivity contribution in [3.63, 3.8) is 0 Å². The molecule has 0 spiro atoms. The van der Waals surface area contributed by atoms with Crippen LogP contribution in [0.15, 0.2) is 0 Å². The number of nitrogens with one attached hydrogen (secondary N) is 1. The van der Waals surface area contributed by atoms with Gasteiger partial charge in [0.05, 0.1) is 12.1 Å². The molecular formula is C18H31N5O8. The number of rotatable bonds is 17. The maximum absolute atomic E-state index is 12.4. The van der Waals surface area contributed by atoms with Crippen LogP contribution in [0.3, 0.4) is 0 Å². The highest BCUT2D eigenvalue weighted by molar-refractivity contribution is 5.92. The Morgan fingerprint density at radius 2 is 1.29 bits per heavy atom. The number of hydrogen-bond donors (Lipinski definition) is 7. The van der Waals surface area contributed by atoms with E-state index in [-0.39, 0.29) is 37.9 Å². The molecule has 0 heterocycles. The highest BCUT2D eigenvalue weighted by atomic mass is 16.4. The Bertz CT molecular complexity index is 684. The molecule has 0 fully saturated rings. The SMILES string of the molecule is NC(=O)C(N)CCC(=O)NC(CCCCC(=O)CC(N)C(=O)O)C(=O)CC(N)C(=O)O. The van der Waals surface area contributed by atoms with Crippen molar-refractivity contribution in [2.75, 3.05) is 0 Å². The van der Waals surface area contributed by atoms with Crippen molar-refractivity contribution >= 4 is 35.3 Å². The van der Waals surface area contributed by atoms with Crippen LogP contribution in [-0.4, -0.2) is 69.7 Å². The van der Waals surface area contributed by atoms with E-state index in [2.05, 4.69) is 5.32 Å². The lowest BCUT2D eigenvalue weighted by Crippen LogP contribution is -2.45. The van der Waals surface area contributed by atoms with Crippen LogP contribution < -0.4 is 28.3 Å². The summed E-state index contributed by atoms with van der Waals surface area (Å²) in [5, 5.41) is 20.0. The van der Waals surface area contributed by atoms with E-state index >= 15 is 0 Å². The van der Waals surface area contributed by atoms with Gasteiger partial charge in [-0.05, 0) is 19.3 Å². The smallest absolute Gasteiger partial charge is 0.320 e. The van der Waals surface area contributed by atoms with Gasteiger partial charge in [0, 0.05) is 25.7 Å². The summed E-state index contributed by atoms with van der Waals surface area (Å²) in [6, 6.07) is -4.79. The fourth-order valence-corrected chi connectivity index (χ4v) is 2.56. The van der Waals surface area contributed by atoms with E-state index < -0.39 is 60.1 Å². The Morgan fingerprint density at radius 3 is 1.81 bits per heavy atom. The third-order valence-corrected chi connectivity index (χ3v) is 4.47. The van der Waals surface area contributed by atoms with Crippen molar-refractivity contribution in [1.29, 1.82) is 0 Å². The summed E-state index contributed by atoms with van der Waals surface area (Å²) in [4.78, 5) is 68.7. The molecule has 0 saturated heterocycles. The Hall–Kier alpha value is -2.90. The number of carbonyl (C=O) groups is 6. The van der Waals surface area contributed by atoms with Crippen molar-refractivity contribution in [2.45, 2.75) is 75.5 Å². The van der Waals surface area contributed by atoms with Gasteiger partial charge in [-0.2, -0.15) is 0 Å². The standard InChI is InChI=1S/C18H31N5O8/c19-10(16(22)27)5-6-15(26)23-13(14(25)8-12(21)18(30)31)4-2-1-3-9(24)7-11(20)17(28)29/h10-13H,1-8,19-21H2,(H2,22,27)(H,23,26)(H,28,29)(H,30,31). The van der Waals surface area contributed by atoms with Gasteiger partial charge in [0.15, 0.2) is 5.78 Å². The molecule has 0 saturated carbocycles. The number of carboxylic acid groups (broad SMARTS) is 2. The van der Waals surface area contributed by atoms with Crippen molar-refractivity contribution in [2.24, 2.45) is 22.9 Å². The molecule has 0 aliphatic rings. The summed E-state index contributed by atoms with van der Waals surface area (Å²) in [5.74, 6) is -4.96. The van der Waals surface area contributed by atoms with Crippen LogP contribution in [0.5, 0.6) is 0 Å². The van der Waals surface area contributed by atoms with E-state index in [0.29, 0.717) is 12.8 Å². The molecular weight excluding hydrogens is 414 g/mol. The number of amides is 2. The van der Waals surface area contributed by atoms with Crippen molar-refractivity contribution < 1.29 is 39.0 Å². The number of carbonyl (C=O) groups excluding carboxylic acids is 4. The summed E-state index contributed by atoms with van der Waals surface area (Å²) in [6.45, 7) is 0. The molecule has 0 aliphatic carbocycles. The van der Waals surface area contributed by atoms with Gasteiger partial charge in [0.25, 0.3) is 0 Å². The lowest BCUT2D eigenvalue weighted by Gasteiger charge is -2.19. The molecule has 4 unspecified atom stereocenters. The molecule has 0 radical (unpaired) electrons. The molecule has 0 bridgehead atoms. The number of carboxylic acids is 2. The molecule has 176 valence electrons. The Kier molecular flexibility index (Phi) is 12.8. The number of hydrogen-bond acceptors (Lipinski definition) is 9. The normalized spacial score (nSPS) is 14.7. The van der Waals surface area contributed by atoms with Gasteiger partial charge in [0.1, 0.15) is 17.9 Å². The van der Waals surface area contributed by atoms with E-state index in [0.717, 1.165) is 0 Å². The van der Waals surface area contributed by atoms with Crippen LogP contribution in [0.4, 0.5) is 0 Å². The zero-order valence-electron chi connectivity index (χ0n) is 17.1. The average molecular weight is 445 g/mol. The Labute approximate surface area is 178 Å². The predicted octanol–water partition coefficient (Wildman–Crippen LogP) is -2.63. The summed E-state index contributed by atoms with van der Waals surface area (Å²) >= 11 is 0. The Morgan fingerprint density at radius 1 is 0.742 bits per heavy atom. The average Bonchev–Trinajstić information content (AvgIpc) is 2.67. The minimum absolute atomic E-state index is 0.0327. The van der Waals surface area contributed by atoms with E-state index in [4.69, 9.17) is 33.1 Å². The number of aliphatic carboxylic acids is 2. The topological polar surface area (TPSA) is 259 Å². The molecule has 13 nitrogen and oxygen atoms in total. The van der Waals surface area contributed by atoms with Gasteiger partial charge in [-0.15, -0.1) is 0 Å². The fraction of sp³-hybridized carbons (Fsp3) is 0.667. The van der Waals surface area contributed by atoms with Gasteiger partial charge in [-0.1, -0.05) is 6.42 Å². The third kappa shape index (κ3) is 12.4. The monoisotopic (exact) mass is 445 g/mol. The predicted molar refractivity (Wildman–Crippen MR) is 107 cm³/mol. The second-order valence-electron chi connectivity index (χ2n) is 7.22. The first-order chi connectivity index (χ1) is 14.3. The molecule has 13 heteroatoms. The lowest BCUT2D eigenvalue weighted by atomic mass is 9.98. The van der Waals surface area contributed by atoms with Gasteiger partial charge >= 0.3 is 11.9 Å². The highest BCUT2D eigenvalue weighted by Gasteiger charge is 2.25. The first-order valence-electron chi connectivity index (χ1n) is 9.70. The van der Waals surface area contributed by atoms with Crippen molar-refractivity contribution in [3.8, 4) is 0 Å². The van der Waals surface area contributed by atoms with Gasteiger partial charge in [0.2, 0.25) is 11.8 Å². The number of primary amides is 1. The molecule has 0 aromatic heterocycles. The second kappa shape index (κ2) is 14.2. The van der Waals surface area contributed by atoms with E-state index in [9.17, 15) is 28.8 Å². The molecule has 2 amide bonds. The number of unbranched alkanes of at least 4 members (excludes halogenated alkanes) is 1. The van der Waals surface area contributed by atoms with Crippen LogP contribution in [0.2, 0.25) is 0 Å². The number of ketones is 2. The lowest BCUT2D eigenvalue weighted by molar-refractivity contribution is -0.140. The molecule has 0 aliphatic heterocycles. The highest BCUT2D eigenvalue weighted by Crippen LogP contribution is 2.10. The van der Waals surface area contributed by atoms with Gasteiger partial charge in [-0.25, -0.2) is 0 Å². The zero-order chi connectivity index (χ0) is 24.1. The van der Waals surface area contributed by atoms with Crippen LogP contribution in [0.1, 0.15) is 51.4 Å². The molecule has 0 rings (SSSR count). The third-order valence-electron chi connectivity index (χ3n) is 4.47. The molecule has 31 heavy (non-hydrogen) atoms. The van der Waals surface area contributed by atoms with Gasteiger partial charge < -0.3 is 38.5 Å². The zero-order valence-corrected chi connectivity index (χ0v) is 17.1. The number of nitrogens with two attached hydrogens (primary N) is 4. The van der Waals surface area contributed by atoms with E-state index in [1.54, 1.807) is 0 Å². The number of Topliss-reactive ketones (excluding diaryl/α,β-unsaturated/α-hetero) is 2. The molecule has 0 aromatic rings. The Balaban J connectivity index is 4.77. The van der Waals surface area contributed by atoms with Gasteiger partial charge in [-0.3, -0.25) is 28.8 Å². The minimum Gasteiger partial charge on any atom is -0.480 e. The van der Waals surface area contributed by atoms with E-state index in [1.165, 1.54) is 0 Å². The summed E-state index contributed by atoms with van der Waals surface area (Å²) < 4.78 is 0. The molecule has 4 atom stereocenters. The first kappa shape index (κ1) is 28.1. The quantitative estimate of drug-likeness (QED) is 0.114. The van der Waals surface area contributed by atoms with Crippen LogP contribution >= 0.6 is 0 Å². The van der Waals surface area contributed by atoms with Crippen molar-refractivity contribution in [1.82, 2.24) is 5.32 Å². The van der Waals surface area contributed by atoms with Crippen LogP contribution in [-0.2, 0) is 28.8 Å². The van der Waals surface area contributed by atoms with Crippen molar-refractivity contribution in [3.05, 3.63) is 0 Å². The maximum atomic E-state index is 12.4. The molecule has 11 N–H and O–H groups in total. The van der Waals surface area contributed by atoms with E-state index in [1.807, 2.05) is 0 Å². The molecule has 0 aromatic carbocycles. The fourth-order valence-electron chi connectivity index (χ4n) is 2.56. The summed E-state index contributed by atoms with van der Waals surface area (Å²) in [5.41, 5.74) is 21.1.